The van der Waals surface area contributed by atoms with Gasteiger partial charge in [0.2, 0.25) is 23.6 Å². The Morgan fingerprint density at radius 1 is 0.712 bits per heavy atom. The summed E-state index contributed by atoms with van der Waals surface area (Å²) in [5, 5.41) is 11.6. The Morgan fingerprint density at radius 2 is 1.33 bits per heavy atom. The van der Waals surface area contributed by atoms with Crippen molar-refractivity contribution < 1.29 is 19.2 Å². The number of pyridine rings is 1. The summed E-state index contributed by atoms with van der Waals surface area (Å²) in [7, 11) is 0. The molecule has 2 aromatic heterocycles. The molecule has 0 spiro atoms. The van der Waals surface area contributed by atoms with Gasteiger partial charge in [0.15, 0.2) is 0 Å². The van der Waals surface area contributed by atoms with E-state index in [0.717, 1.165) is 29.6 Å². The first-order chi connectivity index (χ1) is 25.1. The van der Waals surface area contributed by atoms with Crippen molar-refractivity contribution in [3.05, 3.63) is 108 Å². The van der Waals surface area contributed by atoms with E-state index in [4.69, 9.17) is 11.5 Å². The van der Waals surface area contributed by atoms with Crippen LogP contribution in [0.2, 0.25) is 0 Å². The lowest BCUT2D eigenvalue weighted by atomic mass is 9.99. The molecule has 278 valence electrons. The van der Waals surface area contributed by atoms with Crippen molar-refractivity contribution in [2.24, 2.45) is 17.4 Å². The number of unbranched alkanes of at least 4 members (excludes halogenated alkanes) is 2. The number of fused-ring (bicyclic) bond motifs is 1. The molecule has 0 unspecified atom stereocenters. The SMILES string of the molecule is CC(C)C[C@@H](NC(=O)[C@@H](CCc1ccccc1)NC(=O)[C@H](N)Cc1ccccc1)C(=O)N[C@H](CCCCCN)C(=O)NCc1cn2ccccc2n1. The van der Waals surface area contributed by atoms with Crippen molar-refractivity contribution in [2.45, 2.75) is 95.9 Å². The fraction of sp³-hybridized carbons (Fsp3) is 0.425. The quantitative estimate of drug-likeness (QED) is 0.0717. The summed E-state index contributed by atoms with van der Waals surface area (Å²) >= 11 is 0. The van der Waals surface area contributed by atoms with Gasteiger partial charge in [-0.2, -0.15) is 0 Å². The number of nitrogens with one attached hydrogen (secondary N) is 4. The summed E-state index contributed by atoms with van der Waals surface area (Å²) in [4.78, 5) is 59.2. The van der Waals surface area contributed by atoms with Gasteiger partial charge in [-0.1, -0.05) is 93.4 Å². The van der Waals surface area contributed by atoms with Crippen LogP contribution in [-0.2, 0) is 38.6 Å². The molecule has 8 N–H and O–H groups in total. The van der Waals surface area contributed by atoms with Gasteiger partial charge in [-0.25, -0.2) is 4.98 Å². The monoisotopic (exact) mass is 710 g/mol. The number of nitrogens with zero attached hydrogens (tertiary/aromatic N) is 2. The van der Waals surface area contributed by atoms with Crippen LogP contribution in [0.1, 0.15) is 69.2 Å². The van der Waals surface area contributed by atoms with Crippen LogP contribution in [0.25, 0.3) is 5.65 Å². The molecule has 0 saturated heterocycles. The van der Waals surface area contributed by atoms with Crippen molar-refractivity contribution in [1.82, 2.24) is 30.7 Å². The Hall–Kier alpha value is -5.07. The Kier molecular flexibility index (Phi) is 15.8. The van der Waals surface area contributed by atoms with Crippen LogP contribution in [0.15, 0.2) is 91.3 Å². The summed E-state index contributed by atoms with van der Waals surface area (Å²) in [6.45, 7) is 4.64. The number of carbonyl (C=O) groups excluding carboxylic acids is 4. The Labute approximate surface area is 306 Å². The van der Waals surface area contributed by atoms with Crippen molar-refractivity contribution in [3.63, 3.8) is 0 Å². The minimum absolute atomic E-state index is 0.0413. The molecule has 12 heteroatoms. The lowest BCUT2D eigenvalue weighted by Crippen LogP contribution is -2.58. The topological polar surface area (TPSA) is 186 Å². The molecule has 0 saturated carbocycles. The van der Waals surface area contributed by atoms with Gasteiger partial charge in [0.1, 0.15) is 23.8 Å². The normalized spacial score (nSPS) is 13.6. The average Bonchev–Trinajstić information content (AvgIpc) is 3.57. The van der Waals surface area contributed by atoms with E-state index in [9.17, 15) is 19.2 Å². The zero-order valence-corrected chi connectivity index (χ0v) is 30.3. The molecule has 4 atom stereocenters. The number of aryl methyl sites for hydroxylation is 1. The van der Waals surface area contributed by atoms with Crippen LogP contribution in [0, 0.1) is 5.92 Å². The van der Waals surface area contributed by atoms with Crippen LogP contribution < -0.4 is 32.7 Å². The van der Waals surface area contributed by atoms with Crippen LogP contribution in [-0.4, -0.2) is 63.7 Å². The molecule has 0 radical (unpaired) electrons. The van der Waals surface area contributed by atoms with E-state index in [2.05, 4.69) is 26.3 Å². The maximum atomic E-state index is 13.9. The molecule has 2 heterocycles. The van der Waals surface area contributed by atoms with Gasteiger partial charge < -0.3 is 37.1 Å². The van der Waals surface area contributed by atoms with Crippen LogP contribution in [0.3, 0.4) is 0 Å². The second-order valence-electron chi connectivity index (χ2n) is 13.7. The molecule has 0 aliphatic rings. The summed E-state index contributed by atoms with van der Waals surface area (Å²) in [6, 6.07) is 21.2. The van der Waals surface area contributed by atoms with Crippen molar-refractivity contribution >= 4 is 29.3 Å². The Balaban J connectivity index is 1.46. The second-order valence-corrected chi connectivity index (χ2v) is 13.7. The molecule has 12 nitrogen and oxygen atoms in total. The van der Waals surface area contributed by atoms with Gasteiger partial charge in [0.25, 0.3) is 0 Å². The van der Waals surface area contributed by atoms with E-state index in [1.165, 1.54) is 0 Å². The van der Waals surface area contributed by atoms with Gasteiger partial charge in [0.05, 0.1) is 18.3 Å². The predicted molar refractivity (Wildman–Crippen MR) is 203 cm³/mol. The fourth-order valence-corrected chi connectivity index (χ4v) is 6.02. The maximum absolute atomic E-state index is 13.9. The number of hydrogen-bond acceptors (Lipinski definition) is 7. The van der Waals surface area contributed by atoms with E-state index < -0.39 is 41.9 Å². The second kappa shape index (κ2) is 20.7. The highest BCUT2D eigenvalue weighted by atomic mass is 16.2. The molecular weight excluding hydrogens is 656 g/mol. The molecule has 0 aliphatic heterocycles. The molecule has 52 heavy (non-hydrogen) atoms. The minimum atomic E-state index is -0.947. The number of nitrogens with two attached hydrogens (primary N) is 2. The van der Waals surface area contributed by atoms with Gasteiger partial charge in [-0.3, -0.25) is 19.2 Å². The van der Waals surface area contributed by atoms with Gasteiger partial charge >= 0.3 is 0 Å². The Bertz CT molecular complexity index is 1680. The van der Waals surface area contributed by atoms with E-state index in [1.807, 2.05) is 110 Å². The molecule has 0 bridgehead atoms. The molecule has 0 aliphatic carbocycles. The van der Waals surface area contributed by atoms with Gasteiger partial charge in [-0.05, 0) is 74.2 Å². The fourth-order valence-electron chi connectivity index (χ4n) is 6.02. The highest BCUT2D eigenvalue weighted by Gasteiger charge is 2.31. The number of imidazole rings is 1. The molecule has 0 fully saturated rings. The summed E-state index contributed by atoms with van der Waals surface area (Å²) < 4.78 is 1.87. The highest BCUT2D eigenvalue weighted by molar-refractivity contribution is 5.94. The Morgan fingerprint density at radius 3 is 2.00 bits per heavy atom. The standard InChI is InChI=1S/C40H54N8O4/c1-28(2)24-35(40(52)46-33(18-10-5-12-22-41)38(50)43-26-31-27-48-23-13-11-19-36(48)44-31)47-39(51)34(21-20-29-14-6-3-7-15-29)45-37(49)32(42)25-30-16-8-4-9-17-30/h3-4,6-9,11,13-17,19,23,27-28,32-35H,5,10,12,18,20-22,24-26,41-42H2,1-2H3,(H,43,50)(H,45,49)(H,46,52)(H,47,51)/t32-,33-,34-,35-/m1/s1. The summed E-state index contributed by atoms with van der Waals surface area (Å²) in [5.41, 5.74) is 15.3. The smallest absolute Gasteiger partial charge is 0.243 e. The lowest BCUT2D eigenvalue weighted by molar-refractivity contribution is -0.134. The summed E-state index contributed by atoms with van der Waals surface area (Å²) in [5.74, 6) is -1.72. The number of aromatic nitrogens is 2. The lowest BCUT2D eigenvalue weighted by Gasteiger charge is -2.27. The molecule has 4 aromatic rings. The van der Waals surface area contributed by atoms with E-state index in [-0.39, 0.29) is 18.4 Å². The third-order valence-electron chi connectivity index (χ3n) is 8.86. The number of rotatable bonds is 21. The zero-order chi connectivity index (χ0) is 37.3. The zero-order valence-electron chi connectivity index (χ0n) is 30.3. The molecule has 4 rings (SSSR count). The highest BCUT2D eigenvalue weighted by Crippen LogP contribution is 2.12. The number of hydrogen-bond donors (Lipinski definition) is 6. The van der Waals surface area contributed by atoms with Crippen molar-refractivity contribution in [2.75, 3.05) is 6.54 Å². The molecule has 4 amide bonds. The van der Waals surface area contributed by atoms with E-state index >= 15 is 0 Å². The number of carbonyl (C=O) groups is 4. The van der Waals surface area contributed by atoms with Crippen LogP contribution in [0.5, 0.6) is 0 Å². The minimum Gasteiger partial charge on any atom is -0.349 e. The number of benzene rings is 2. The maximum Gasteiger partial charge on any atom is 0.243 e. The van der Waals surface area contributed by atoms with Gasteiger partial charge in [0, 0.05) is 12.4 Å². The first kappa shape index (κ1) is 39.7. The third-order valence-corrected chi connectivity index (χ3v) is 8.86. The van der Waals surface area contributed by atoms with Crippen molar-refractivity contribution in [3.8, 4) is 0 Å². The molecular formula is C40H54N8O4. The van der Waals surface area contributed by atoms with Crippen LogP contribution >= 0.6 is 0 Å². The number of amides is 4. The first-order valence-corrected chi connectivity index (χ1v) is 18.3. The summed E-state index contributed by atoms with van der Waals surface area (Å²) in [6.07, 6.45) is 7.88. The molecule has 2 aromatic carbocycles. The first-order valence-electron chi connectivity index (χ1n) is 18.3. The van der Waals surface area contributed by atoms with Crippen molar-refractivity contribution in [1.29, 1.82) is 0 Å². The van der Waals surface area contributed by atoms with Gasteiger partial charge in [-0.15, -0.1) is 0 Å². The third kappa shape index (κ3) is 12.9. The average molecular weight is 711 g/mol. The van der Waals surface area contributed by atoms with E-state index in [0.29, 0.717) is 50.8 Å². The van der Waals surface area contributed by atoms with Crippen LogP contribution in [0.4, 0.5) is 0 Å². The van der Waals surface area contributed by atoms with E-state index in [1.54, 1.807) is 0 Å². The largest absolute Gasteiger partial charge is 0.349 e. The predicted octanol–water partition coefficient (Wildman–Crippen LogP) is 3.17.